The lowest BCUT2D eigenvalue weighted by Gasteiger charge is -2.04. The standard InChI is InChI=1S/C13H9F2NO2/c1-18-13(17)10-4-9(6-16-7-10)8-2-3-11(14)12(15)5-8/h2-7H,1H3. The first-order valence-corrected chi connectivity index (χ1v) is 5.10. The topological polar surface area (TPSA) is 39.2 Å². The number of pyridine rings is 1. The van der Waals surface area contributed by atoms with E-state index in [0.29, 0.717) is 11.1 Å². The lowest BCUT2D eigenvalue weighted by molar-refractivity contribution is 0.0600. The molecule has 0 N–H and O–H groups in total. The molecule has 2 aromatic rings. The smallest absolute Gasteiger partial charge is 0.339 e. The Hall–Kier alpha value is -2.30. The quantitative estimate of drug-likeness (QED) is 0.768. The van der Waals surface area contributed by atoms with Crippen molar-refractivity contribution in [2.75, 3.05) is 7.11 Å². The first-order chi connectivity index (χ1) is 8.61. The number of aromatic nitrogens is 1. The zero-order valence-electron chi connectivity index (χ0n) is 9.48. The van der Waals surface area contributed by atoms with E-state index in [9.17, 15) is 13.6 Å². The summed E-state index contributed by atoms with van der Waals surface area (Å²) in [6.07, 6.45) is 2.80. The lowest BCUT2D eigenvalue weighted by atomic mass is 10.1. The number of carbonyl (C=O) groups is 1. The molecule has 1 aromatic carbocycles. The van der Waals surface area contributed by atoms with Crippen LogP contribution in [0.1, 0.15) is 10.4 Å². The first-order valence-electron chi connectivity index (χ1n) is 5.10. The lowest BCUT2D eigenvalue weighted by Crippen LogP contribution is -2.01. The molecule has 0 spiro atoms. The molecule has 1 heterocycles. The monoisotopic (exact) mass is 249 g/mol. The van der Waals surface area contributed by atoms with Gasteiger partial charge in [-0.25, -0.2) is 13.6 Å². The predicted molar refractivity (Wildman–Crippen MR) is 60.9 cm³/mol. The van der Waals surface area contributed by atoms with Crippen molar-refractivity contribution in [3.05, 3.63) is 53.9 Å². The Morgan fingerprint density at radius 1 is 1.11 bits per heavy atom. The van der Waals surface area contributed by atoms with Crippen LogP contribution in [0.15, 0.2) is 36.7 Å². The number of carbonyl (C=O) groups excluding carboxylic acids is 1. The molecule has 0 atom stereocenters. The number of nitrogens with zero attached hydrogens (tertiary/aromatic N) is 1. The molecule has 0 bridgehead atoms. The number of methoxy groups -OCH3 is 1. The first kappa shape index (κ1) is 12.2. The maximum atomic E-state index is 13.1. The van der Waals surface area contributed by atoms with Crippen LogP contribution in [0.5, 0.6) is 0 Å². The highest BCUT2D eigenvalue weighted by Gasteiger charge is 2.09. The number of halogens is 2. The maximum absolute atomic E-state index is 13.1. The van der Waals surface area contributed by atoms with Gasteiger partial charge in [-0.05, 0) is 23.8 Å². The van der Waals surface area contributed by atoms with Crippen LogP contribution in [0.4, 0.5) is 8.78 Å². The zero-order chi connectivity index (χ0) is 13.1. The molecule has 3 nitrogen and oxygen atoms in total. The van der Waals surface area contributed by atoms with E-state index in [-0.39, 0.29) is 5.56 Å². The summed E-state index contributed by atoms with van der Waals surface area (Å²) >= 11 is 0. The van der Waals surface area contributed by atoms with Gasteiger partial charge in [0.25, 0.3) is 0 Å². The third kappa shape index (κ3) is 2.34. The van der Waals surface area contributed by atoms with E-state index in [1.807, 2.05) is 0 Å². The van der Waals surface area contributed by atoms with Gasteiger partial charge in [-0.1, -0.05) is 6.07 Å². The van der Waals surface area contributed by atoms with Crippen molar-refractivity contribution < 1.29 is 18.3 Å². The highest BCUT2D eigenvalue weighted by molar-refractivity contribution is 5.90. The summed E-state index contributed by atoms with van der Waals surface area (Å²) in [4.78, 5) is 15.2. The van der Waals surface area contributed by atoms with Crippen molar-refractivity contribution in [3.63, 3.8) is 0 Å². The Bertz CT molecular complexity index is 599. The SMILES string of the molecule is COC(=O)c1cncc(-c2ccc(F)c(F)c2)c1. The molecule has 2 rings (SSSR count). The molecule has 0 aliphatic heterocycles. The second-order valence-electron chi connectivity index (χ2n) is 3.58. The zero-order valence-corrected chi connectivity index (χ0v) is 9.48. The normalized spacial score (nSPS) is 10.2. The van der Waals surface area contributed by atoms with E-state index in [2.05, 4.69) is 9.72 Å². The molecular weight excluding hydrogens is 240 g/mol. The predicted octanol–water partition coefficient (Wildman–Crippen LogP) is 2.81. The molecule has 0 fully saturated rings. The third-order valence-electron chi connectivity index (χ3n) is 2.41. The summed E-state index contributed by atoms with van der Waals surface area (Å²) in [6.45, 7) is 0. The molecule has 0 saturated heterocycles. The number of esters is 1. The van der Waals surface area contributed by atoms with Crippen LogP contribution >= 0.6 is 0 Å². The van der Waals surface area contributed by atoms with Gasteiger partial charge in [0.15, 0.2) is 11.6 Å². The van der Waals surface area contributed by atoms with Gasteiger partial charge in [-0.2, -0.15) is 0 Å². The Kier molecular flexibility index (Phi) is 3.32. The van der Waals surface area contributed by atoms with Gasteiger partial charge in [0.05, 0.1) is 12.7 Å². The van der Waals surface area contributed by atoms with Crippen molar-refractivity contribution in [2.24, 2.45) is 0 Å². The van der Waals surface area contributed by atoms with E-state index >= 15 is 0 Å². The molecule has 18 heavy (non-hydrogen) atoms. The minimum atomic E-state index is -0.948. The van der Waals surface area contributed by atoms with Gasteiger partial charge in [0.1, 0.15) is 0 Å². The molecule has 0 aliphatic carbocycles. The minimum absolute atomic E-state index is 0.250. The molecule has 0 unspecified atom stereocenters. The summed E-state index contributed by atoms with van der Waals surface area (Å²) in [7, 11) is 1.26. The van der Waals surface area contributed by atoms with Crippen molar-refractivity contribution in [1.29, 1.82) is 0 Å². The number of benzene rings is 1. The van der Waals surface area contributed by atoms with Crippen molar-refractivity contribution in [2.45, 2.75) is 0 Å². The summed E-state index contributed by atoms with van der Waals surface area (Å²) in [5.41, 5.74) is 1.20. The van der Waals surface area contributed by atoms with Crippen LogP contribution < -0.4 is 0 Å². The Morgan fingerprint density at radius 3 is 2.56 bits per heavy atom. The molecule has 0 radical (unpaired) electrons. The van der Waals surface area contributed by atoms with E-state index in [4.69, 9.17) is 0 Å². The second-order valence-corrected chi connectivity index (χ2v) is 3.58. The molecule has 0 aliphatic rings. The Balaban J connectivity index is 2.44. The third-order valence-corrected chi connectivity index (χ3v) is 2.41. The molecule has 5 heteroatoms. The van der Waals surface area contributed by atoms with Gasteiger partial charge in [0.2, 0.25) is 0 Å². The fourth-order valence-corrected chi connectivity index (χ4v) is 1.50. The van der Waals surface area contributed by atoms with Crippen LogP contribution in [0.25, 0.3) is 11.1 Å². The summed E-state index contributed by atoms with van der Waals surface area (Å²) in [5, 5.41) is 0. The fraction of sp³-hybridized carbons (Fsp3) is 0.0769. The minimum Gasteiger partial charge on any atom is -0.465 e. The summed E-state index contributed by atoms with van der Waals surface area (Å²) < 4.78 is 30.5. The number of rotatable bonds is 2. The largest absolute Gasteiger partial charge is 0.465 e. The van der Waals surface area contributed by atoms with Gasteiger partial charge in [-0.3, -0.25) is 4.98 Å². The average Bonchev–Trinajstić information content (AvgIpc) is 2.41. The second kappa shape index (κ2) is 4.91. The summed E-state index contributed by atoms with van der Waals surface area (Å²) in [5.74, 6) is -2.40. The number of hydrogen-bond acceptors (Lipinski definition) is 3. The Labute approximate surface area is 102 Å². The van der Waals surface area contributed by atoms with E-state index in [1.165, 1.54) is 31.6 Å². The van der Waals surface area contributed by atoms with Gasteiger partial charge in [-0.15, -0.1) is 0 Å². The van der Waals surface area contributed by atoms with Crippen molar-refractivity contribution in [1.82, 2.24) is 4.98 Å². The molecular formula is C13H9F2NO2. The fourth-order valence-electron chi connectivity index (χ4n) is 1.50. The molecule has 0 saturated carbocycles. The molecule has 92 valence electrons. The highest BCUT2D eigenvalue weighted by atomic mass is 19.2. The van der Waals surface area contributed by atoms with Gasteiger partial charge < -0.3 is 4.74 Å². The summed E-state index contributed by atoms with van der Waals surface area (Å²) in [6, 6.07) is 4.99. The van der Waals surface area contributed by atoms with Crippen molar-refractivity contribution >= 4 is 5.97 Å². The highest BCUT2D eigenvalue weighted by Crippen LogP contribution is 2.21. The van der Waals surface area contributed by atoms with Crippen molar-refractivity contribution in [3.8, 4) is 11.1 Å². The van der Waals surface area contributed by atoms with Crippen LogP contribution in [-0.4, -0.2) is 18.1 Å². The van der Waals surface area contributed by atoms with Gasteiger partial charge >= 0.3 is 5.97 Å². The van der Waals surface area contributed by atoms with E-state index < -0.39 is 17.6 Å². The van der Waals surface area contributed by atoms with E-state index in [0.717, 1.165) is 12.1 Å². The average molecular weight is 249 g/mol. The van der Waals surface area contributed by atoms with Crippen LogP contribution in [0, 0.1) is 11.6 Å². The number of hydrogen-bond donors (Lipinski definition) is 0. The van der Waals surface area contributed by atoms with Crippen LogP contribution in [0.2, 0.25) is 0 Å². The van der Waals surface area contributed by atoms with Crippen LogP contribution in [-0.2, 0) is 4.74 Å². The van der Waals surface area contributed by atoms with E-state index in [1.54, 1.807) is 0 Å². The molecule has 0 amide bonds. The van der Waals surface area contributed by atoms with Crippen LogP contribution in [0.3, 0.4) is 0 Å². The Morgan fingerprint density at radius 2 is 1.89 bits per heavy atom. The number of ether oxygens (including phenoxy) is 1. The maximum Gasteiger partial charge on any atom is 0.339 e. The molecule has 1 aromatic heterocycles. The van der Waals surface area contributed by atoms with Gasteiger partial charge in [0, 0.05) is 18.0 Å².